The van der Waals surface area contributed by atoms with Gasteiger partial charge in [0.15, 0.2) is 0 Å². The lowest BCUT2D eigenvalue weighted by atomic mass is 9.96. The van der Waals surface area contributed by atoms with Gasteiger partial charge in [0.1, 0.15) is 5.75 Å². The van der Waals surface area contributed by atoms with Crippen LogP contribution < -0.4 is 5.32 Å². The standard InChI is InChI=1S/C19H25NO/c1-13(2)10-18(16-8-6-5-7-9-16)20-17-11-15(4)19(21)12-14(17)3/h5-9,11-13,18,20-21H,10H2,1-4H3. The molecule has 2 rings (SSSR count). The molecule has 2 heteroatoms. The number of aromatic hydroxyl groups is 1. The van der Waals surface area contributed by atoms with Gasteiger partial charge in [-0.25, -0.2) is 0 Å². The van der Waals surface area contributed by atoms with Gasteiger partial charge in [-0.2, -0.15) is 0 Å². The zero-order chi connectivity index (χ0) is 15.4. The second-order valence-corrected chi connectivity index (χ2v) is 6.19. The number of nitrogens with one attached hydrogen (secondary N) is 1. The first-order valence-corrected chi connectivity index (χ1v) is 7.59. The summed E-state index contributed by atoms with van der Waals surface area (Å²) in [6.45, 7) is 8.44. The Morgan fingerprint density at radius 3 is 2.29 bits per heavy atom. The highest BCUT2D eigenvalue weighted by atomic mass is 16.3. The predicted molar refractivity (Wildman–Crippen MR) is 89.8 cm³/mol. The van der Waals surface area contributed by atoms with E-state index >= 15 is 0 Å². The molecule has 0 aliphatic carbocycles. The summed E-state index contributed by atoms with van der Waals surface area (Å²) in [5.74, 6) is 0.972. The van der Waals surface area contributed by atoms with Gasteiger partial charge in [0.05, 0.1) is 6.04 Å². The molecule has 0 fully saturated rings. The van der Waals surface area contributed by atoms with Crippen molar-refractivity contribution in [3.8, 4) is 5.75 Å². The van der Waals surface area contributed by atoms with Gasteiger partial charge >= 0.3 is 0 Å². The van der Waals surface area contributed by atoms with Crippen molar-refractivity contribution < 1.29 is 5.11 Å². The predicted octanol–water partition coefficient (Wildman–Crippen LogP) is 5.21. The molecule has 21 heavy (non-hydrogen) atoms. The number of anilines is 1. The number of hydrogen-bond donors (Lipinski definition) is 2. The Balaban J connectivity index is 2.29. The Hall–Kier alpha value is -1.96. The summed E-state index contributed by atoms with van der Waals surface area (Å²) in [6, 6.07) is 14.7. The lowest BCUT2D eigenvalue weighted by molar-refractivity contribution is 0.470. The molecule has 2 N–H and O–H groups in total. The van der Waals surface area contributed by atoms with E-state index in [-0.39, 0.29) is 6.04 Å². The van der Waals surface area contributed by atoms with Gasteiger partial charge in [-0.3, -0.25) is 0 Å². The quantitative estimate of drug-likeness (QED) is 0.738. The fourth-order valence-corrected chi connectivity index (χ4v) is 2.58. The summed E-state index contributed by atoms with van der Waals surface area (Å²) in [7, 11) is 0. The minimum Gasteiger partial charge on any atom is -0.508 e. The van der Waals surface area contributed by atoms with E-state index in [9.17, 15) is 5.11 Å². The molecule has 0 aliphatic rings. The zero-order valence-corrected chi connectivity index (χ0v) is 13.4. The molecule has 0 amide bonds. The summed E-state index contributed by atoms with van der Waals surface area (Å²) >= 11 is 0. The Morgan fingerprint density at radius 2 is 1.67 bits per heavy atom. The molecule has 0 aromatic heterocycles. The van der Waals surface area contributed by atoms with Crippen LogP contribution in [0.4, 0.5) is 5.69 Å². The summed E-state index contributed by atoms with van der Waals surface area (Å²) in [4.78, 5) is 0. The van der Waals surface area contributed by atoms with E-state index in [1.165, 1.54) is 5.56 Å². The van der Waals surface area contributed by atoms with Crippen molar-refractivity contribution in [3.63, 3.8) is 0 Å². The maximum Gasteiger partial charge on any atom is 0.118 e. The van der Waals surface area contributed by atoms with E-state index in [0.29, 0.717) is 11.7 Å². The van der Waals surface area contributed by atoms with E-state index < -0.39 is 0 Å². The molecular formula is C19H25NO. The van der Waals surface area contributed by atoms with Gasteiger partial charge < -0.3 is 10.4 Å². The SMILES string of the molecule is Cc1cc(NC(CC(C)C)c2ccccc2)c(C)cc1O. The third-order valence-electron chi connectivity index (χ3n) is 3.78. The van der Waals surface area contributed by atoms with Crippen molar-refractivity contribution in [1.29, 1.82) is 0 Å². The normalized spacial score (nSPS) is 12.4. The highest BCUT2D eigenvalue weighted by Gasteiger charge is 2.14. The van der Waals surface area contributed by atoms with Crippen molar-refractivity contribution in [2.75, 3.05) is 5.32 Å². The van der Waals surface area contributed by atoms with Crippen LogP contribution in [0.15, 0.2) is 42.5 Å². The molecule has 0 radical (unpaired) electrons. The minimum absolute atomic E-state index is 0.286. The monoisotopic (exact) mass is 283 g/mol. The van der Waals surface area contributed by atoms with Crippen LogP contribution in [0, 0.1) is 19.8 Å². The van der Waals surface area contributed by atoms with Crippen LogP contribution in [0.3, 0.4) is 0 Å². The first kappa shape index (κ1) is 15.4. The molecule has 0 heterocycles. The van der Waals surface area contributed by atoms with E-state index in [0.717, 1.165) is 23.2 Å². The van der Waals surface area contributed by atoms with Crippen molar-refractivity contribution in [1.82, 2.24) is 0 Å². The molecule has 112 valence electrons. The van der Waals surface area contributed by atoms with Crippen molar-refractivity contribution in [2.24, 2.45) is 5.92 Å². The average molecular weight is 283 g/mol. The third kappa shape index (κ3) is 4.01. The Kier molecular flexibility index (Phi) is 4.89. The first-order chi connectivity index (χ1) is 9.97. The maximum atomic E-state index is 9.79. The molecule has 0 saturated heterocycles. The van der Waals surface area contributed by atoms with Gasteiger partial charge in [0.25, 0.3) is 0 Å². The van der Waals surface area contributed by atoms with Crippen LogP contribution in [0.25, 0.3) is 0 Å². The highest BCUT2D eigenvalue weighted by molar-refractivity contribution is 5.57. The Bertz CT molecular complexity index is 590. The molecular weight excluding hydrogens is 258 g/mol. The van der Waals surface area contributed by atoms with Crippen LogP contribution in [-0.2, 0) is 0 Å². The van der Waals surface area contributed by atoms with Crippen LogP contribution in [0.1, 0.15) is 43.0 Å². The summed E-state index contributed by atoms with van der Waals surface area (Å²) in [5.41, 5.74) is 4.37. The topological polar surface area (TPSA) is 32.3 Å². The van der Waals surface area contributed by atoms with Gasteiger partial charge in [0.2, 0.25) is 0 Å². The van der Waals surface area contributed by atoms with E-state index in [4.69, 9.17) is 0 Å². The van der Waals surface area contributed by atoms with E-state index in [2.05, 4.69) is 43.4 Å². The molecule has 2 aromatic carbocycles. The number of phenolic OH excluding ortho intramolecular Hbond substituents is 1. The highest BCUT2D eigenvalue weighted by Crippen LogP contribution is 2.30. The zero-order valence-electron chi connectivity index (χ0n) is 13.4. The molecule has 0 aliphatic heterocycles. The largest absolute Gasteiger partial charge is 0.508 e. The Morgan fingerprint density at radius 1 is 1.00 bits per heavy atom. The second-order valence-electron chi connectivity index (χ2n) is 6.19. The van der Waals surface area contributed by atoms with Gasteiger partial charge in [-0.1, -0.05) is 44.2 Å². The fourth-order valence-electron chi connectivity index (χ4n) is 2.58. The van der Waals surface area contributed by atoms with Gasteiger partial charge in [-0.05, 0) is 55.0 Å². The summed E-state index contributed by atoms with van der Waals surface area (Å²) in [5, 5.41) is 13.4. The first-order valence-electron chi connectivity index (χ1n) is 7.59. The number of hydrogen-bond acceptors (Lipinski definition) is 2. The molecule has 2 nitrogen and oxygen atoms in total. The molecule has 2 aromatic rings. The number of aryl methyl sites for hydroxylation is 2. The van der Waals surface area contributed by atoms with Crippen LogP contribution in [0.5, 0.6) is 5.75 Å². The van der Waals surface area contributed by atoms with Crippen molar-refractivity contribution in [3.05, 3.63) is 59.2 Å². The lowest BCUT2D eigenvalue weighted by Gasteiger charge is -2.24. The van der Waals surface area contributed by atoms with Crippen molar-refractivity contribution >= 4 is 5.69 Å². The van der Waals surface area contributed by atoms with Gasteiger partial charge in [-0.15, -0.1) is 0 Å². The lowest BCUT2D eigenvalue weighted by Crippen LogP contribution is -2.14. The number of rotatable bonds is 5. The minimum atomic E-state index is 0.286. The number of phenols is 1. The maximum absolute atomic E-state index is 9.79. The van der Waals surface area contributed by atoms with Crippen LogP contribution >= 0.6 is 0 Å². The van der Waals surface area contributed by atoms with Gasteiger partial charge in [0, 0.05) is 5.69 Å². The average Bonchev–Trinajstić information content (AvgIpc) is 2.44. The smallest absolute Gasteiger partial charge is 0.118 e. The van der Waals surface area contributed by atoms with Crippen molar-refractivity contribution in [2.45, 2.75) is 40.2 Å². The molecule has 1 atom stereocenters. The summed E-state index contributed by atoms with van der Waals surface area (Å²) < 4.78 is 0. The molecule has 0 saturated carbocycles. The third-order valence-corrected chi connectivity index (χ3v) is 3.78. The molecule has 0 bridgehead atoms. The second kappa shape index (κ2) is 6.66. The molecule has 0 spiro atoms. The summed E-state index contributed by atoms with van der Waals surface area (Å²) in [6.07, 6.45) is 1.07. The van der Waals surface area contributed by atoms with E-state index in [1.54, 1.807) is 0 Å². The number of benzene rings is 2. The van der Waals surface area contributed by atoms with Crippen LogP contribution in [-0.4, -0.2) is 5.11 Å². The molecule has 1 unspecified atom stereocenters. The fraction of sp³-hybridized carbons (Fsp3) is 0.368. The van der Waals surface area contributed by atoms with E-state index in [1.807, 2.05) is 32.0 Å². The Labute approximate surface area is 127 Å². The van der Waals surface area contributed by atoms with Crippen LogP contribution in [0.2, 0.25) is 0 Å².